The molecular formula is C16H28O2Si. The molecule has 3 heteroatoms. The van der Waals surface area contributed by atoms with Gasteiger partial charge in [-0.05, 0) is 75.6 Å². The van der Waals surface area contributed by atoms with E-state index in [9.17, 15) is 0 Å². The van der Waals surface area contributed by atoms with Crippen LogP contribution in [0.1, 0.15) is 65.2 Å². The van der Waals surface area contributed by atoms with E-state index >= 15 is 0 Å². The summed E-state index contributed by atoms with van der Waals surface area (Å²) in [5.74, 6) is 0. The van der Waals surface area contributed by atoms with Gasteiger partial charge in [0, 0.05) is 13.2 Å². The van der Waals surface area contributed by atoms with Gasteiger partial charge >= 0.3 is 8.56 Å². The predicted molar refractivity (Wildman–Crippen MR) is 82.1 cm³/mol. The largest absolute Gasteiger partial charge is 0.398 e. The third-order valence-electron chi connectivity index (χ3n) is 4.12. The molecule has 0 N–H and O–H groups in total. The summed E-state index contributed by atoms with van der Waals surface area (Å²) in [6, 6.07) is 0. The summed E-state index contributed by atoms with van der Waals surface area (Å²) in [5, 5.41) is 3.02. The molecule has 0 fully saturated rings. The average Bonchev–Trinajstić information content (AvgIpc) is 2.49. The van der Waals surface area contributed by atoms with Crippen LogP contribution in [0.25, 0.3) is 0 Å². The van der Waals surface area contributed by atoms with E-state index in [2.05, 4.69) is 26.0 Å². The summed E-state index contributed by atoms with van der Waals surface area (Å²) in [4.78, 5) is 0. The first-order valence-corrected chi connectivity index (χ1v) is 9.82. The van der Waals surface area contributed by atoms with Crippen molar-refractivity contribution in [3.63, 3.8) is 0 Å². The van der Waals surface area contributed by atoms with Gasteiger partial charge in [0.05, 0.1) is 0 Å². The minimum Gasteiger partial charge on any atom is -0.388 e. The van der Waals surface area contributed by atoms with Gasteiger partial charge in [0.25, 0.3) is 0 Å². The minimum absolute atomic E-state index is 0.765. The Hall–Kier alpha value is -0.383. The normalized spacial score (nSPS) is 20.9. The monoisotopic (exact) mass is 280 g/mol. The van der Waals surface area contributed by atoms with Crippen molar-refractivity contribution >= 4 is 8.56 Å². The van der Waals surface area contributed by atoms with Gasteiger partial charge in [-0.2, -0.15) is 0 Å². The molecule has 0 aliphatic heterocycles. The molecule has 19 heavy (non-hydrogen) atoms. The first kappa shape index (κ1) is 15.0. The fourth-order valence-corrected chi connectivity index (χ4v) is 7.19. The van der Waals surface area contributed by atoms with Gasteiger partial charge in [-0.25, -0.2) is 0 Å². The second kappa shape index (κ2) is 7.41. The summed E-state index contributed by atoms with van der Waals surface area (Å²) in [7, 11) is -2.27. The number of hydrogen-bond acceptors (Lipinski definition) is 2. The number of rotatable bonds is 6. The van der Waals surface area contributed by atoms with Crippen molar-refractivity contribution in [3.8, 4) is 0 Å². The lowest BCUT2D eigenvalue weighted by Crippen LogP contribution is -2.48. The molecule has 2 rings (SSSR count). The zero-order chi connectivity index (χ0) is 13.6. The van der Waals surface area contributed by atoms with E-state index in [0.717, 1.165) is 13.2 Å². The molecule has 2 nitrogen and oxygen atoms in total. The molecule has 108 valence electrons. The molecule has 0 spiro atoms. The molecule has 2 aliphatic carbocycles. The lowest BCUT2D eigenvalue weighted by molar-refractivity contribution is 0.196. The number of hydrogen-bond donors (Lipinski definition) is 0. The molecule has 0 radical (unpaired) electrons. The molecule has 0 saturated carbocycles. The van der Waals surface area contributed by atoms with Crippen molar-refractivity contribution in [1.82, 2.24) is 0 Å². The molecule has 0 unspecified atom stereocenters. The van der Waals surface area contributed by atoms with E-state index in [-0.39, 0.29) is 0 Å². The quantitative estimate of drug-likeness (QED) is 0.663. The standard InChI is InChI=1S/C16H28O2Si/c1-3-17-19(18-4-2,15-11-7-5-8-12-15)16-13-9-6-10-14-16/h11,13H,3-10,12,14H2,1-2H3. The van der Waals surface area contributed by atoms with Crippen molar-refractivity contribution in [2.24, 2.45) is 0 Å². The Bertz CT molecular complexity index is 313. The van der Waals surface area contributed by atoms with Crippen LogP contribution in [0.3, 0.4) is 0 Å². The summed E-state index contributed by atoms with van der Waals surface area (Å²) in [6.45, 7) is 5.74. The van der Waals surface area contributed by atoms with Gasteiger partial charge in [0.2, 0.25) is 0 Å². The Morgan fingerprint density at radius 3 is 1.63 bits per heavy atom. The summed E-state index contributed by atoms with van der Waals surface area (Å²) in [5.41, 5.74) is 0. The van der Waals surface area contributed by atoms with Crippen molar-refractivity contribution in [3.05, 3.63) is 22.5 Å². The first-order chi connectivity index (χ1) is 9.33. The predicted octanol–water partition coefficient (Wildman–Crippen LogP) is 4.58. The molecular weight excluding hydrogens is 252 g/mol. The van der Waals surface area contributed by atoms with Crippen molar-refractivity contribution < 1.29 is 8.85 Å². The van der Waals surface area contributed by atoms with Gasteiger partial charge < -0.3 is 8.85 Å². The lowest BCUT2D eigenvalue weighted by atomic mass is 10.1. The summed E-state index contributed by atoms with van der Waals surface area (Å²) >= 11 is 0. The van der Waals surface area contributed by atoms with Crippen LogP contribution in [0.4, 0.5) is 0 Å². The van der Waals surface area contributed by atoms with Gasteiger partial charge in [-0.1, -0.05) is 12.2 Å². The van der Waals surface area contributed by atoms with Crippen LogP contribution in [-0.4, -0.2) is 21.8 Å². The van der Waals surface area contributed by atoms with Gasteiger partial charge in [-0.15, -0.1) is 0 Å². The molecule has 0 saturated heterocycles. The van der Waals surface area contributed by atoms with Crippen LogP contribution in [-0.2, 0) is 8.85 Å². The number of allylic oxidation sites excluding steroid dienone is 4. The SMILES string of the molecule is CCO[Si](OCC)(C1=CCCCC1)C1=CCCCC1. The molecule has 0 amide bonds. The minimum atomic E-state index is -2.27. The molecule has 0 aromatic carbocycles. The average molecular weight is 280 g/mol. The van der Waals surface area contributed by atoms with Gasteiger partial charge in [0.1, 0.15) is 0 Å². The Labute approximate surface area is 119 Å². The summed E-state index contributed by atoms with van der Waals surface area (Å²) < 4.78 is 12.7. The molecule has 0 aromatic heterocycles. The fraction of sp³-hybridized carbons (Fsp3) is 0.750. The maximum atomic E-state index is 6.33. The van der Waals surface area contributed by atoms with Gasteiger partial charge in [0.15, 0.2) is 0 Å². The molecule has 0 heterocycles. The first-order valence-electron chi connectivity index (χ1n) is 8.00. The molecule has 0 aromatic rings. The Morgan fingerprint density at radius 2 is 1.32 bits per heavy atom. The highest BCUT2D eigenvalue weighted by Gasteiger charge is 2.45. The lowest BCUT2D eigenvalue weighted by Gasteiger charge is -2.37. The third-order valence-corrected chi connectivity index (χ3v) is 8.11. The second-order valence-corrected chi connectivity index (χ2v) is 8.53. The Kier molecular flexibility index (Phi) is 5.86. The van der Waals surface area contributed by atoms with E-state index in [1.54, 1.807) is 0 Å². The Morgan fingerprint density at radius 1 is 0.842 bits per heavy atom. The van der Waals surface area contributed by atoms with E-state index < -0.39 is 8.56 Å². The highest BCUT2D eigenvalue weighted by Crippen LogP contribution is 2.37. The van der Waals surface area contributed by atoms with Gasteiger partial charge in [-0.3, -0.25) is 0 Å². The third kappa shape index (κ3) is 3.39. The van der Waals surface area contributed by atoms with Crippen LogP contribution in [0.2, 0.25) is 0 Å². The van der Waals surface area contributed by atoms with Crippen LogP contribution in [0.15, 0.2) is 22.5 Å². The topological polar surface area (TPSA) is 18.5 Å². The van der Waals surface area contributed by atoms with Crippen LogP contribution >= 0.6 is 0 Å². The van der Waals surface area contributed by atoms with Crippen LogP contribution in [0, 0.1) is 0 Å². The molecule has 0 atom stereocenters. The van der Waals surface area contributed by atoms with E-state index in [0.29, 0.717) is 0 Å². The van der Waals surface area contributed by atoms with Crippen LogP contribution in [0.5, 0.6) is 0 Å². The summed E-state index contributed by atoms with van der Waals surface area (Å²) in [6.07, 6.45) is 14.9. The van der Waals surface area contributed by atoms with E-state index in [4.69, 9.17) is 8.85 Å². The second-order valence-electron chi connectivity index (χ2n) is 5.43. The van der Waals surface area contributed by atoms with Crippen molar-refractivity contribution in [1.29, 1.82) is 0 Å². The van der Waals surface area contributed by atoms with E-state index in [1.165, 1.54) is 61.8 Å². The Balaban J connectivity index is 2.33. The fourth-order valence-electron chi connectivity index (χ4n) is 3.30. The zero-order valence-electron chi connectivity index (χ0n) is 12.5. The highest BCUT2D eigenvalue weighted by atomic mass is 28.4. The molecule has 0 bridgehead atoms. The van der Waals surface area contributed by atoms with Crippen molar-refractivity contribution in [2.45, 2.75) is 65.2 Å². The smallest absolute Gasteiger partial charge is 0.388 e. The van der Waals surface area contributed by atoms with Crippen LogP contribution < -0.4 is 0 Å². The maximum Gasteiger partial charge on any atom is 0.398 e. The highest BCUT2D eigenvalue weighted by molar-refractivity contribution is 6.81. The maximum absolute atomic E-state index is 6.33. The molecule has 2 aliphatic rings. The zero-order valence-corrected chi connectivity index (χ0v) is 13.5. The van der Waals surface area contributed by atoms with E-state index in [1.807, 2.05) is 0 Å². The van der Waals surface area contributed by atoms with Crippen molar-refractivity contribution in [2.75, 3.05) is 13.2 Å².